The summed E-state index contributed by atoms with van der Waals surface area (Å²) in [5, 5.41) is 6.81. The number of aliphatic imine (C=N–C) groups is 1. The monoisotopic (exact) mass is 352 g/mol. The Kier molecular flexibility index (Phi) is 7.67. The van der Waals surface area contributed by atoms with Gasteiger partial charge in [-0.2, -0.15) is 0 Å². The highest BCUT2D eigenvalue weighted by Gasteiger charge is 2.02. The Morgan fingerprint density at radius 3 is 2.27 bits per heavy atom. The van der Waals surface area contributed by atoms with Crippen LogP contribution in [0.3, 0.4) is 0 Å². The standard InChI is InChI=1S/C22H32N4/c1-17-11-18(2)13-19(12-17)9-10-24-22(23-3)25-15-20-7-6-8-21(14-20)16-26(4)5/h6-8,11-14H,9-10,15-16H2,1-5H3,(H2,23,24,25). The minimum absolute atomic E-state index is 0.768. The van der Waals surface area contributed by atoms with Gasteiger partial charge in [0.1, 0.15) is 0 Å². The molecule has 0 saturated carbocycles. The van der Waals surface area contributed by atoms with E-state index in [0.717, 1.165) is 32.0 Å². The van der Waals surface area contributed by atoms with E-state index >= 15 is 0 Å². The van der Waals surface area contributed by atoms with E-state index in [1.807, 2.05) is 7.05 Å². The highest BCUT2D eigenvalue weighted by Crippen LogP contribution is 2.09. The zero-order valence-electron chi connectivity index (χ0n) is 16.8. The number of benzene rings is 2. The van der Waals surface area contributed by atoms with Gasteiger partial charge in [0.05, 0.1) is 0 Å². The van der Waals surface area contributed by atoms with Crippen molar-refractivity contribution in [3.8, 4) is 0 Å². The number of nitrogens with one attached hydrogen (secondary N) is 2. The van der Waals surface area contributed by atoms with Gasteiger partial charge in [-0.3, -0.25) is 4.99 Å². The first-order chi connectivity index (χ1) is 12.5. The van der Waals surface area contributed by atoms with Gasteiger partial charge >= 0.3 is 0 Å². The van der Waals surface area contributed by atoms with Gasteiger partial charge in [0.2, 0.25) is 0 Å². The molecule has 0 unspecified atom stereocenters. The van der Waals surface area contributed by atoms with Gasteiger partial charge in [0.25, 0.3) is 0 Å². The lowest BCUT2D eigenvalue weighted by atomic mass is 10.1. The van der Waals surface area contributed by atoms with Crippen molar-refractivity contribution in [2.24, 2.45) is 4.99 Å². The van der Waals surface area contributed by atoms with E-state index < -0.39 is 0 Å². The molecule has 0 heterocycles. The first kappa shape index (κ1) is 20.0. The van der Waals surface area contributed by atoms with Crippen molar-refractivity contribution in [2.75, 3.05) is 27.7 Å². The molecule has 0 radical (unpaired) electrons. The van der Waals surface area contributed by atoms with Crippen LogP contribution < -0.4 is 10.6 Å². The molecule has 0 atom stereocenters. The van der Waals surface area contributed by atoms with Gasteiger partial charge in [0.15, 0.2) is 5.96 Å². The predicted molar refractivity (Wildman–Crippen MR) is 112 cm³/mol. The maximum atomic E-state index is 4.33. The van der Waals surface area contributed by atoms with E-state index in [9.17, 15) is 0 Å². The van der Waals surface area contributed by atoms with E-state index in [2.05, 4.69) is 90.9 Å². The Balaban J connectivity index is 1.82. The molecule has 4 heteroatoms. The number of rotatable bonds is 7. The number of hydrogen-bond acceptors (Lipinski definition) is 2. The minimum Gasteiger partial charge on any atom is -0.356 e. The molecule has 26 heavy (non-hydrogen) atoms. The summed E-state index contributed by atoms with van der Waals surface area (Å²) in [5.41, 5.74) is 6.59. The quantitative estimate of drug-likeness (QED) is 0.593. The van der Waals surface area contributed by atoms with Gasteiger partial charge in [-0.1, -0.05) is 53.6 Å². The summed E-state index contributed by atoms with van der Waals surface area (Å²) in [5.74, 6) is 0.840. The van der Waals surface area contributed by atoms with Crippen LogP contribution in [-0.2, 0) is 19.5 Å². The molecular weight excluding hydrogens is 320 g/mol. The number of guanidine groups is 1. The van der Waals surface area contributed by atoms with Crippen LogP contribution in [-0.4, -0.2) is 38.5 Å². The average Bonchev–Trinajstić information content (AvgIpc) is 2.57. The Hall–Kier alpha value is -2.33. The zero-order valence-corrected chi connectivity index (χ0v) is 16.8. The molecule has 0 aromatic heterocycles. The Morgan fingerprint density at radius 2 is 1.62 bits per heavy atom. The molecule has 0 saturated heterocycles. The van der Waals surface area contributed by atoms with Crippen LogP contribution in [0.4, 0.5) is 0 Å². The van der Waals surface area contributed by atoms with Crippen LogP contribution in [0.1, 0.15) is 27.8 Å². The summed E-state index contributed by atoms with van der Waals surface area (Å²) >= 11 is 0. The normalized spacial score (nSPS) is 11.7. The third-order valence-electron chi connectivity index (χ3n) is 4.16. The van der Waals surface area contributed by atoms with Crippen molar-refractivity contribution >= 4 is 5.96 Å². The van der Waals surface area contributed by atoms with Crippen LogP contribution in [0.5, 0.6) is 0 Å². The van der Waals surface area contributed by atoms with Crippen molar-refractivity contribution in [3.05, 3.63) is 70.3 Å². The minimum atomic E-state index is 0.768. The summed E-state index contributed by atoms with van der Waals surface area (Å²) in [6.45, 7) is 6.88. The topological polar surface area (TPSA) is 39.7 Å². The SMILES string of the molecule is CN=C(NCCc1cc(C)cc(C)c1)NCc1cccc(CN(C)C)c1. The molecule has 0 bridgehead atoms. The molecule has 2 rings (SSSR count). The molecule has 0 aliphatic heterocycles. The molecule has 2 N–H and O–H groups in total. The van der Waals surface area contributed by atoms with Gasteiger partial charge in [-0.15, -0.1) is 0 Å². The molecule has 4 nitrogen and oxygen atoms in total. The first-order valence-corrected chi connectivity index (χ1v) is 9.20. The third kappa shape index (κ3) is 6.89. The van der Waals surface area contributed by atoms with E-state index in [1.165, 1.54) is 27.8 Å². The van der Waals surface area contributed by atoms with Crippen LogP contribution in [0.2, 0.25) is 0 Å². The second kappa shape index (κ2) is 9.97. The van der Waals surface area contributed by atoms with Gasteiger partial charge in [0, 0.05) is 26.7 Å². The van der Waals surface area contributed by atoms with Crippen LogP contribution in [0, 0.1) is 13.8 Å². The molecular formula is C22H32N4. The average molecular weight is 353 g/mol. The molecule has 140 valence electrons. The van der Waals surface area contributed by atoms with Gasteiger partial charge < -0.3 is 15.5 Å². The first-order valence-electron chi connectivity index (χ1n) is 9.20. The zero-order chi connectivity index (χ0) is 18.9. The van der Waals surface area contributed by atoms with Gasteiger partial charge in [-0.05, 0) is 51.1 Å². The van der Waals surface area contributed by atoms with E-state index in [0.29, 0.717) is 0 Å². The molecule has 0 aliphatic rings. The largest absolute Gasteiger partial charge is 0.356 e. The highest BCUT2D eigenvalue weighted by molar-refractivity contribution is 5.79. The maximum Gasteiger partial charge on any atom is 0.191 e. The van der Waals surface area contributed by atoms with Crippen molar-refractivity contribution in [2.45, 2.75) is 33.4 Å². The summed E-state index contributed by atoms with van der Waals surface area (Å²) in [6, 6.07) is 15.4. The lowest BCUT2D eigenvalue weighted by Gasteiger charge is -2.14. The van der Waals surface area contributed by atoms with E-state index in [4.69, 9.17) is 0 Å². The fraction of sp³-hybridized carbons (Fsp3) is 0.409. The Bertz CT molecular complexity index is 714. The van der Waals surface area contributed by atoms with Crippen molar-refractivity contribution in [1.29, 1.82) is 0 Å². The van der Waals surface area contributed by atoms with Crippen LogP contribution in [0.15, 0.2) is 47.5 Å². The Labute approximate surface area is 158 Å². The smallest absolute Gasteiger partial charge is 0.191 e. The summed E-state index contributed by atoms with van der Waals surface area (Å²) in [6.07, 6.45) is 0.988. The third-order valence-corrected chi connectivity index (χ3v) is 4.16. The fourth-order valence-corrected chi connectivity index (χ4v) is 3.15. The van der Waals surface area contributed by atoms with E-state index in [1.54, 1.807) is 0 Å². The van der Waals surface area contributed by atoms with Crippen LogP contribution in [0.25, 0.3) is 0 Å². The second-order valence-electron chi connectivity index (χ2n) is 7.16. The predicted octanol–water partition coefficient (Wildman–Crippen LogP) is 3.27. The molecule has 0 amide bonds. The van der Waals surface area contributed by atoms with Crippen molar-refractivity contribution in [3.63, 3.8) is 0 Å². The fourth-order valence-electron chi connectivity index (χ4n) is 3.15. The highest BCUT2D eigenvalue weighted by atomic mass is 15.2. The van der Waals surface area contributed by atoms with Crippen molar-refractivity contribution in [1.82, 2.24) is 15.5 Å². The second-order valence-corrected chi connectivity index (χ2v) is 7.16. The summed E-state index contributed by atoms with van der Waals surface area (Å²) in [4.78, 5) is 6.51. The summed E-state index contributed by atoms with van der Waals surface area (Å²) in [7, 11) is 5.99. The molecule has 0 aliphatic carbocycles. The van der Waals surface area contributed by atoms with E-state index in [-0.39, 0.29) is 0 Å². The number of hydrogen-bond donors (Lipinski definition) is 2. The summed E-state index contributed by atoms with van der Waals surface area (Å²) < 4.78 is 0. The maximum absolute atomic E-state index is 4.33. The molecule has 0 spiro atoms. The number of nitrogens with zero attached hydrogens (tertiary/aromatic N) is 2. The Morgan fingerprint density at radius 1 is 0.923 bits per heavy atom. The lowest BCUT2D eigenvalue weighted by Crippen LogP contribution is -2.37. The number of aryl methyl sites for hydroxylation is 2. The molecule has 2 aromatic rings. The molecule has 2 aromatic carbocycles. The van der Waals surface area contributed by atoms with Crippen LogP contribution >= 0.6 is 0 Å². The lowest BCUT2D eigenvalue weighted by molar-refractivity contribution is 0.402. The van der Waals surface area contributed by atoms with Gasteiger partial charge in [-0.25, -0.2) is 0 Å². The molecule has 0 fully saturated rings. The van der Waals surface area contributed by atoms with Crippen molar-refractivity contribution < 1.29 is 0 Å².